The summed E-state index contributed by atoms with van der Waals surface area (Å²) in [5.74, 6) is 0. The number of hydrogen-bond donors (Lipinski definition) is 0. The standard InChI is InChI=1S/C18H38Si3/c1-2-3-4-5-6-7-8-9-10-11-12-13-14-15-16-17-18-20-21-19/h20H,2-18H2,1H3. The van der Waals surface area contributed by atoms with E-state index in [1.165, 1.54) is 109 Å². The van der Waals surface area contributed by atoms with Crippen LogP contribution in [-0.4, -0.2) is 27.4 Å². The Labute approximate surface area is 143 Å². The maximum absolute atomic E-state index is 3.61. The molecule has 3 heteroatoms. The van der Waals surface area contributed by atoms with Crippen molar-refractivity contribution in [3.8, 4) is 0 Å². The molecule has 0 spiro atoms. The molecule has 0 heterocycles. The van der Waals surface area contributed by atoms with Gasteiger partial charge in [-0.2, -0.15) is 0 Å². The second-order valence-electron chi connectivity index (χ2n) is 6.44. The van der Waals surface area contributed by atoms with Crippen molar-refractivity contribution in [1.82, 2.24) is 0 Å². The van der Waals surface area contributed by atoms with E-state index in [-0.39, 0.29) is 0 Å². The van der Waals surface area contributed by atoms with Gasteiger partial charge in [0, 0.05) is 27.4 Å². The molecule has 122 valence electrons. The normalized spacial score (nSPS) is 11.1. The van der Waals surface area contributed by atoms with Crippen LogP contribution >= 0.6 is 0 Å². The lowest BCUT2D eigenvalue weighted by Gasteiger charge is -2.03. The average molecular weight is 339 g/mol. The lowest BCUT2D eigenvalue weighted by molar-refractivity contribution is 0.531. The highest BCUT2D eigenvalue weighted by molar-refractivity contribution is 7.23. The Kier molecular flexibility index (Phi) is 21.3. The first kappa shape index (κ1) is 21.7. The van der Waals surface area contributed by atoms with Crippen molar-refractivity contribution in [3.63, 3.8) is 0 Å². The third kappa shape index (κ3) is 20.7. The van der Waals surface area contributed by atoms with Crippen LogP contribution in [0.3, 0.4) is 0 Å². The van der Waals surface area contributed by atoms with Gasteiger partial charge in [-0.05, 0) is 0 Å². The predicted molar refractivity (Wildman–Crippen MR) is 103 cm³/mol. The molecule has 0 nitrogen and oxygen atoms in total. The summed E-state index contributed by atoms with van der Waals surface area (Å²) >= 11 is 0. The minimum Gasteiger partial charge on any atom is -0.0654 e. The van der Waals surface area contributed by atoms with E-state index in [0.29, 0.717) is 0 Å². The number of hydrogen-bond acceptors (Lipinski definition) is 0. The van der Waals surface area contributed by atoms with E-state index in [9.17, 15) is 0 Å². The quantitative estimate of drug-likeness (QED) is 0.219. The SMILES string of the molecule is CCCCCCCCCCCCCCCCCC[SiH][Si][Si]. The topological polar surface area (TPSA) is 0 Å². The van der Waals surface area contributed by atoms with E-state index in [1.54, 1.807) is 0 Å². The molecule has 0 rings (SSSR count). The van der Waals surface area contributed by atoms with Gasteiger partial charge in [0.15, 0.2) is 0 Å². The molecular formula is C18H38Si3. The molecule has 0 aliphatic heterocycles. The molecule has 6 radical (unpaired) electrons. The second kappa shape index (κ2) is 20.7. The fourth-order valence-electron chi connectivity index (χ4n) is 2.87. The molecule has 0 aromatic carbocycles. The lowest BCUT2D eigenvalue weighted by atomic mass is 10.0. The van der Waals surface area contributed by atoms with E-state index in [4.69, 9.17) is 0 Å². The van der Waals surface area contributed by atoms with Crippen molar-refractivity contribution < 1.29 is 0 Å². The average Bonchev–Trinajstić information content (AvgIpc) is 2.50. The smallest absolute Gasteiger partial charge is 0.0113 e. The maximum Gasteiger partial charge on any atom is 0.0113 e. The van der Waals surface area contributed by atoms with Gasteiger partial charge < -0.3 is 0 Å². The van der Waals surface area contributed by atoms with Crippen LogP contribution in [0.1, 0.15) is 110 Å². The van der Waals surface area contributed by atoms with Crippen LogP contribution in [0.5, 0.6) is 0 Å². The van der Waals surface area contributed by atoms with Gasteiger partial charge in [-0.25, -0.2) is 0 Å². The minimum atomic E-state index is 0.733. The monoisotopic (exact) mass is 338 g/mol. The molecule has 21 heavy (non-hydrogen) atoms. The van der Waals surface area contributed by atoms with Gasteiger partial charge >= 0.3 is 0 Å². The van der Waals surface area contributed by atoms with Crippen LogP contribution < -0.4 is 0 Å². The summed E-state index contributed by atoms with van der Waals surface area (Å²) < 4.78 is 0. The van der Waals surface area contributed by atoms with Crippen LogP contribution in [-0.2, 0) is 0 Å². The van der Waals surface area contributed by atoms with Gasteiger partial charge in [0.05, 0.1) is 0 Å². The zero-order valence-electron chi connectivity index (χ0n) is 14.6. The highest BCUT2D eigenvalue weighted by Crippen LogP contribution is 2.13. The maximum atomic E-state index is 3.61. The molecule has 0 aromatic heterocycles. The van der Waals surface area contributed by atoms with E-state index in [1.807, 2.05) is 0 Å². The summed E-state index contributed by atoms with van der Waals surface area (Å²) in [7, 11) is 5.40. The van der Waals surface area contributed by atoms with E-state index in [0.717, 1.165) is 17.6 Å². The van der Waals surface area contributed by atoms with Crippen LogP contribution in [0.4, 0.5) is 0 Å². The molecule has 0 bridgehead atoms. The number of unbranched alkanes of at least 4 members (excludes halogenated alkanes) is 15. The summed E-state index contributed by atoms with van der Waals surface area (Å²) in [5, 5.41) is 0. The van der Waals surface area contributed by atoms with Crippen LogP contribution in [0.2, 0.25) is 6.04 Å². The number of rotatable bonds is 18. The van der Waals surface area contributed by atoms with Crippen LogP contribution in [0.15, 0.2) is 0 Å². The van der Waals surface area contributed by atoms with Crippen molar-refractivity contribution in [2.75, 3.05) is 0 Å². The second-order valence-corrected chi connectivity index (χ2v) is 12.4. The molecule has 0 aliphatic carbocycles. The molecule has 0 amide bonds. The molecule has 0 N–H and O–H groups in total. The summed E-state index contributed by atoms with van der Waals surface area (Å²) in [6, 6.07) is 1.51. The molecule has 0 saturated carbocycles. The first-order valence-corrected chi connectivity index (χ1v) is 14.8. The van der Waals surface area contributed by atoms with Gasteiger partial charge in [-0.1, -0.05) is 116 Å². The Bertz CT molecular complexity index is 156. The Morgan fingerprint density at radius 3 is 1.24 bits per heavy atom. The molecule has 0 aromatic rings. The first-order chi connectivity index (χ1) is 10.4. The van der Waals surface area contributed by atoms with E-state index in [2.05, 4.69) is 16.7 Å². The molecule has 0 unspecified atom stereocenters. The highest BCUT2D eigenvalue weighted by Gasteiger charge is 1.94. The van der Waals surface area contributed by atoms with Gasteiger partial charge in [0.2, 0.25) is 0 Å². The van der Waals surface area contributed by atoms with Crippen molar-refractivity contribution >= 4 is 27.4 Å². The van der Waals surface area contributed by atoms with Crippen LogP contribution in [0.25, 0.3) is 0 Å². The Morgan fingerprint density at radius 1 is 0.571 bits per heavy atom. The first-order valence-electron chi connectivity index (χ1n) is 9.65. The highest BCUT2D eigenvalue weighted by atomic mass is 29.5. The van der Waals surface area contributed by atoms with Crippen molar-refractivity contribution in [2.45, 2.75) is 116 Å². The summed E-state index contributed by atoms with van der Waals surface area (Å²) in [4.78, 5) is 0. The Balaban J connectivity index is 2.90. The third-order valence-electron chi connectivity index (χ3n) is 4.30. The fourth-order valence-corrected chi connectivity index (χ4v) is 5.85. The van der Waals surface area contributed by atoms with Gasteiger partial charge in [0.1, 0.15) is 0 Å². The van der Waals surface area contributed by atoms with Crippen molar-refractivity contribution in [3.05, 3.63) is 0 Å². The fraction of sp³-hybridized carbons (Fsp3) is 1.00. The Hall–Kier alpha value is 0.651. The van der Waals surface area contributed by atoms with Crippen molar-refractivity contribution in [2.24, 2.45) is 0 Å². The summed E-state index contributed by atoms with van der Waals surface area (Å²) in [5.41, 5.74) is 0. The predicted octanol–water partition coefficient (Wildman–Crippen LogP) is 5.81. The van der Waals surface area contributed by atoms with Crippen molar-refractivity contribution in [1.29, 1.82) is 0 Å². The molecular weight excluding hydrogens is 300 g/mol. The van der Waals surface area contributed by atoms with E-state index < -0.39 is 0 Å². The van der Waals surface area contributed by atoms with Gasteiger partial charge in [-0.15, -0.1) is 0 Å². The summed E-state index contributed by atoms with van der Waals surface area (Å²) in [6.45, 7) is 2.30. The zero-order valence-corrected chi connectivity index (χ0v) is 17.8. The molecule has 0 saturated heterocycles. The lowest BCUT2D eigenvalue weighted by Crippen LogP contribution is -2.01. The van der Waals surface area contributed by atoms with E-state index >= 15 is 0 Å². The van der Waals surface area contributed by atoms with Gasteiger partial charge in [-0.3, -0.25) is 0 Å². The molecule has 0 fully saturated rings. The summed E-state index contributed by atoms with van der Waals surface area (Å²) in [6.07, 6.45) is 23.6. The Morgan fingerprint density at radius 2 is 0.905 bits per heavy atom. The van der Waals surface area contributed by atoms with Crippen LogP contribution in [0, 0.1) is 0 Å². The molecule has 0 atom stereocenters. The third-order valence-corrected chi connectivity index (χ3v) is 8.52. The largest absolute Gasteiger partial charge is 0.0654 e. The molecule has 0 aliphatic rings. The zero-order chi connectivity index (χ0) is 15.4. The van der Waals surface area contributed by atoms with Gasteiger partial charge in [0.25, 0.3) is 0 Å². The minimum absolute atomic E-state index is 0.733.